The Hall–Kier alpha value is -0.550. The minimum atomic E-state index is -4.33. The fourth-order valence-corrected chi connectivity index (χ4v) is 1.74. The first kappa shape index (κ1) is 12.5. The van der Waals surface area contributed by atoms with Crippen LogP contribution in [0.3, 0.4) is 0 Å². The van der Waals surface area contributed by atoms with Gasteiger partial charge in [0, 0.05) is 10.5 Å². The molecule has 5 heteroatoms. The van der Waals surface area contributed by atoms with Gasteiger partial charge in [-0.3, -0.25) is 0 Å². The van der Waals surface area contributed by atoms with Crippen molar-refractivity contribution in [1.82, 2.24) is 0 Å². The van der Waals surface area contributed by atoms with Gasteiger partial charge in [0.2, 0.25) is 0 Å². The van der Waals surface area contributed by atoms with Crippen LogP contribution in [0.25, 0.3) is 0 Å². The van der Waals surface area contributed by atoms with E-state index in [1.807, 2.05) is 6.92 Å². The molecule has 0 aliphatic heterocycles. The van der Waals surface area contributed by atoms with Crippen LogP contribution in [0.15, 0.2) is 22.7 Å². The molecule has 1 rings (SSSR count). The summed E-state index contributed by atoms with van der Waals surface area (Å²) in [5.41, 5.74) is 5.52. The summed E-state index contributed by atoms with van der Waals surface area (Å²) in [6.07, 6.45) is -3.72. The summed E-state index contributed by atoms with van der Waals surface area (Å²) in [4.78, 5) is 0. The van der Waals surface area contributed by atoms with Crippen LogP contribution in [-0.2, 0) is 6.18 Å². The van der Waals surface area contributed by atoms with Crippen molar-refractivity contribution in [2.75, 3.05) is 0 Å². The van der Waals surface area contributed by atoms with Gasteiger partial charge < -0.3 is 5.73 Å². The first-order chi connectivity index (χ1) is 6.84. The smallest absolute Gasteiger partial charge is 0.324 e. The summed E-state index contributed by atoms with van der Waals surface area (Å²) in [5, 5.41) is 0. The Balaban J connectivity index is 3.17. The number of benzene rings is 1. The molecule has 0 unspecified atom stereocenters. The quantitative estimate of drug-likeness (QED) is 0.875. The number of nitrogens with two attached hydrogens (primary N) is 1. The van der Waals surface area contributed by atoms with E-state index in [0.29, 0.717) is 16.5 Å². The number of rotatable bonds is 2. The van der Waals surface area contributed by atoms with E-state index >= 15 is 0 Å². The van der Waals surface area contributed by atoms with Crippen LogP contribution < -0.4 is 5.73 Å². The third-order valence-corrected chi connectivity index (χ3v) is 2.57. The van der Waals surface area contributed by atoms with Gasteiger partial charge in [0.1, 0.15) is 0 Å². The van der Waals surface area contributed by atoms with E-state index in [-0.39, 0.29) is 6.04 Å². The van der Waals surface area contributed by atoms with Crippen molar-refractivity contribution in [3.8, 4) is 0 Å². The highest BCUT2D eigenvalue weighted by Gasteiger charge is 2.31. The molecular weight excluding hydrogens is 271 g/mol. The molecule has 1 aromatic carbocycles. The lowest BCUT2D eigenvalue weighted by atomic mass is 10.0. The maximum Gasteiger partial charge on any atom is 0.416 e. The summed E-state index contributed by atoms with van der Waals surface area (Å²) in [6.45, 7) is 1.83. The number of hydrogen-bond donors (Lipinski definition) is 1. The molecule has 0 saturated carbocycles. The van der Waals surface area contributed by atoms with Crippen molar-refractivity contribution in [3.63, 3.8) is 0 Å². The molecule has 0 saturated heterocycles. The van der Waals surface area contributed by atoms with Gasteiger partial charge in [-0.25, -0.2) is 0 Å². The Kier molecular flexibility index (Phi) is 3.78. The van der Waals surface area contributed by atoms with Crippen LogP contribution in [0.2, 0.25) is 0 Å². The molecule has 0 spiro atoms. The highest BCUT2D eigenvalue weighted by atomic mass is 79.9. The minimum Gasteiger partial charge on any atom is -0.324 e. The third-order valence-electron chi connectivity index (χ3n) is 2.12. The number of hydrogen-bond acceptors (Lipinski definition) is 1. The van der Waals surface area contributed by atoms with Crippen molar-refractivity contribution >= 4 is 15.9 Å². The lowest BCUT2D eigenvalue weighted by molar-refractivity contribution is -0.137. The minimum absolute atomic E-state index is 0.358. The summed E-state index contributed by atoms with van der Waals surface area (Å²) >= 11 is 3.05. The van der Waals surface area contributed by atoms with E-state index in [2.05, 4.69) is 15.9 Å². The summed E-state index contributed by atoms with van der Waals surface area (Å²) in [6, 6.07) is 3.40. The van der Waals surface area contributed by atoms with Gasteiger partial charge in [-0.15, -0.1) is 0 Å². The van der Waals surface area contributed by atoms with Crippen LogP contribution in [0.4, 0.5) is 13.2 Å². The molecule has 0 aliphatic carbocycles. The van der Waals surface area contributed by atoms with Gasteiger partial charge in [-0.05, 0) is 30.2 Å². The van der Waals surface area contributed by atoms with Gasteiger partial charge in [-0.1, -0.05) is 22.9 Å². The Morgan fingerprint density at radius 1 is 1.33 bits per heavy atom. The first-order valence-corrected chi connectivity index (χ1v) is 5.27. The molecule has 84 valence electrons. The second-order valence-electron chi connectivity index (χ2n) is 3.29. The molecule has 0 amide bonds. The maximum atomic E-state index is 12.5. The molecule has 1 aromatic rings. The average Bonchev–Trinajstić information content (AvgIpc) is 2.14. The zero-order valence-corrected chi connectivity index (χ0v) is 9.69. The molecular formula is C10H11BrF3N. The lowest BCUT2D eigenvalue weighted by Gasteiger charge is -2.13. The predicted molar refractivity (Wildman–Crippen MR) is 56.4 cm³/mol. The Labute approximate surface area is 94.6 Å². The van der Waals surface area contributed by atoms with Crippen molar-refractivity contribution in [3.05, 3.63) is 33.8 Å². The van der Waals surface area contributed by atoms with E-state index in [1.54, 1.807) is 6.07 Å². The van der Waals surface area contributed by atoms with Crippen LogP contribution in [0.5, 0.6) is 0 Å². The van der Waals surface area contributed by atoms with Gasteiger partial charge >= 0.3 is 6.18 Å². The van der Waals surface area contributed by atoms with Crippen LogP contribution in [0, 0.1) is 0 Å². The summed E-state index contributed by atoms with van der Waals surface area (Å²) in [5.74, 6) is 0. The zero-order valence-electron chi connectivity index (χ0n) is 8.11. The summed E-state index contributed by atoms with van der Waals surface area (Å²) in [7, 11) is 0. The maximum absolute atomic E-state index is 12.5. The fraction of sp³-hybridized carbons (Fsp3) is 0.400. The first-order valence-electron chi connectivity index (χ1n) is 4.48. The summed E-state index contributed by atoms with van der Waals surface area (Å²) < 4.78 is 37.8. The van der Waals surface area contributed by atoms with Crippen LogP contribution in [-0.4, -0.2) is 0 Å². The average molecular weight is 282 g/mol. The highest BCUT2D eigenvalue weighted by molar-refractivity contribution is 9.10. The molecule has 0 aromatic heterocycles. The van der Waals surface area contributed by atoms with Gasteiger partial charge in [0.15, 0.2) is 0 Å². The zero-order chi connectivity index (χ0) is 11.6. The third kappa shape index (κ3) is 3.21. The van der Waals surface area contributed by atoms with E-state index in [0.717, 1.165) is 12.1 Å². The normalized spacial score (nSPS) is 14.0. The topological polar surface area (TPSA) is 26.0 Å². The van der Waals surface area contributed by atoms with Gasteiger partial charge in [0.05, 0.1) is 5.56 Å². The Morgan fingerprint density at radius 3 is 2.40 bits per heavy atom. The molecule has 1 atom stereocenters. The highest BCUT2D eigenvalue weighted by Crippen LogP contribution is 2.33. The van der Waals surface area contributed by atoms with Gasteiger partial charge in [-0.2, -0.15) is 13.2 Å². The second kappa shape index (κ2) is 4.53. The van der Waals surface area contributed by atoms with E-state index in [4.69, 9.17) is 5.73 Å². The van der Waals surface area contributed by atoms with Crippen LogP contribution in [0.1, 0.15) is 30.5 Å². The molecule has 1 nitrogen and oxygen atoms in total. The molecule has 0 heterocycles. The molecule has 0 radical (unpaired) electrons. The molecule has 0 aliphatic rings. The Morgan fingerprint density at radius 2 is 1.93 bits per heavy atom. The Bertz CT molecular complexity index is 349. The number of alkyl halides is 3. The SMILES string of the molecule is CC[C@H](N)c1cc(Br)cc(C(F)(F)F)c1. The van der Waals surface area contributed by atoms with E-state index < -0.39 is 11.7 Å². The molecule has 0 fully saturated rings. The predicted octanol–water partition coefficient (Wildman–Crippen LogP) is 3.88. The second-order valence-corrected chi connectivity index (χ2v) is 4.20. The van der Waals surface area contributed by atoms with E-state index in [1.165, 1.54) is 0 Å². The largest absolute Gasteiger partial charge is 0.416 e. The van der Waals surface area contributed by atoms with Crippen molar-refractivity contribution in [1.29, 1.82) is 0 Å². The lowest BCUT2D eigenvalue weighted by Crippen LogP contribution is -2.11. The fourth-order valence-electron chi connectivity index (χ4n) is 1.23. The van der Waals surface area contributed by atoms with E-state index in [9.17, 15) is 13.2 Å². The monoisotopic (exact) mass is 281 g/mol. The van der Waals surface area contributed by atoms with Crippen molar-refractivity contribution in [2.45, 2.75) is 25.6 Å². The van der Waals surface area contributed by atoms with Crippen molar-refractivity contribution in [2.24, 2.45) is 5.73 Å². The molecule has 0 bridgehead atoms. The molecule has 2 N–H and O–H groups in total. The van der Waals surface area contributed by atoms with Crippen LogP contribution >= 0.6 is 15.9 Å². The number of halogens is 4. The molecule has 15 heavy (non-hydrogen) atoms. The standard InChI is InChI=1S/C10H11BrF3N/c1-2-9(15)6-3-7(10(12,13)14)5-8(11)4-6/h3-5,9H,2,15H2,1H3/t9-/m0/s1. The van der Waals surface area contributed by atoms with Crippen molar-refractivity contribution < 1.29 is 13.2 Å². The van der Waals surface area contributed by atoms with Gasteiger partial charge in [0.25, 0.3) is 0 Å².